The first-order valence-corrected chi connectivity index (χ1v) is 9.51. The molecule has 0 atom stereocenters. The molecule has 2 rings (SSSR count). The van der Waals surface area contributed by atoms with Crippen molar-refractivity contribution in [2.24, 2.45) is 15.4 Å². The molecule has 0 bridgehead atoms. The van der Waals surface area contributed by atoms with Crippen molar-refractivity contribution in [1.29, 1.82) is 0 Å². The number of aliphatic hydroxyl groups is 2. The smallest absolute Gasteiger partial charge is 0.238 e. The van der Waals surface area contributed by atoms with Gasteiger partial charge in [0.25, 0.3) is 0 Å². The molecule has 0 amide bonds. The number of sulfonamides is 1. The average Bonchev–Trinajstić information content (AvgIpc) is 2.60. The third kappa shape index (κ3) is 6.56. The van der Waals surface area contributed by atoms with Crippen molar-refractivity contribution in [2.75, 3.05) is 31.2 Å². The van der Waals surface area contributed by atoms with Crippen molar-refractivity contribution < 1.29 is 18.6 Å². The van der Waals surface area contributed by atoms with Gasteiger partial charge in [0.1, 0.15) is 0 Å². The highest BCUT2D eigenvalue weighted by Gasteiger charge is 2.08. The normalized spacial score (nSPS) is 11.4. The van der Waals surface area contributed by atoms with E-state index in [0.29, 0.717) is 24.5 Å². The van der Waals surface area contributed by atoms with Crippen molar-refractivity contribution >= 4 is 39.5 Å². The first-order chi connectivity index (χ1) is 12.3. The second-order valence-electron chi connectivity index (χ2n) is 5.64. The number of hydrogen-bond donors (Lipinski definition) is 3. The molecule has 4 N–H and O–H groups in total. The molecule has 0 unspecified atom stereocenters. The fourth-order valence-corrected chi connectivity index (χ4v) is 2.89. The van der Waals surface area contributed by atoms with Crippen LogP contribution in [0, 0.1) is 6.92 Å². The standard InChI is InChI=1S/C17H22N4O4S.ClH/c1-13-12-15(21(8-10-22)9-11-23)4-7-17(13)20-19-14-2-5-16(6-3-14)26(18,24)25;/h2-7,12,22-23H,8-11H2,1H3,(H2,18,24,25);1H. The van der Waals surface area contributed by atoms with Gasteiger partial charge < -0.3 is 15.1 Å². The summed E-state index contributed by atoms with van der Waals surface area (Å²) in [5.41, 5.74) is 2.93. The lowest BCUT2D eigenvalue weighted by molar-refractivity contribution is 0.281. The van der Waals surface area contributed by atoms with Crippen LogP contribution in [0.15, 0.2) is 57.6 Å². The topological polar surface area (TPSA) is 129 Å². The van der Waals surface area contributed by atoms with E-state index >= 15 is 0 Å². The monoisotopic (exact) mass is 414 g/mol. The summed E-state index contributed by atoms with van der Waals surface area (Å²) in [5.74, 6) is 0. The Morgan fingerprint density at radius 2 is 1.59 bits per heavy atom. The van der Waals surface area contributed by atoms with Gasteiger partial charge >= 0.3 is 0 Å². The van der Waals surface area contributed by atoms with E-state index in [9.17, 15) is 8.42 Å². The maximum atomic E-state index is 11.2. The zero-order valence-electron chi connectivity index (χ0n) is 14.8. The highest BCUT2D eigenvalue weighted by Crippen LogP contribution is 2.27. The minimum absolute atomic E-state index is 0. The maximum absolute atomic E-state index is 11.2. The predicted octanol–water partition coefficient (Wildman–Crippen LogP) is 2.27. The number of aliphatic hydroxyl groups excluding tert-OH is 2. The van der Waals surface area contributed by atoms with Crippen LogP contribution < -0.4 is 10.0 Å². The Morgan fingerprint density at radius 3 is 2.07 bits per heavy atom. The van der Waals surface area contributed by atoms with E-state index in [-0.39, 0.29) is 30.5 Å². The third-order valence-corrected chi connectivity index (χ3v) is 4.65. The molecule has 0 spiro atoms. The van der Waals surface area contributed by atoms with E-state index in [1.54, 1.807) is 6.07 Å². The van der Waals surface area contributed by atoms with Gasteiger partial charge in [0.2, 0.25) is 10.0 Å². The number of rotatable bonds is 8. The highest BCUT2D eigenvalue weighted by atomic mass is 35.5. The van der Waals surface area contributed by atoms with Gasteiger partial charge in [0.05, 0.1) is 29.5 Å². The van der Waals surface area contributed by atoms with Crippen molar-refractivity contribution in [1.82, 2.24) is 0 Å². The molecule has 27 heavy (non-hydrogen) atoms. The summed E-state index contributed by atoms with van der Waals surface area (Å²) in [6, 6.07) is 11.4. The Morgan fingerprint density at radius 1 is 1.00 bits per heavy atom. The number of halogens is 1. The second kappa shape index (κ2) is 10.3. The quantitative estimate of drug-likeness (QED) is 0.570. The fourth-order valence-electron chi connectivity index (χ4n) is 2.37. The Labute approximate surface area is 164 Å². The fraction of sp³-hybridized carbons (Fsp3) is 0.294. The summed E-state index contributed by atoms with van der Waals surface area (Å²) in [6.07, 6.45) is 0. The molecule has 10 heteroatoms. The van der Waals surface area contributed by atoms with Gasteiger partial charge in [-0.3, -0.25) is 0 Å². The third-order valence-electron chi connectivity index (χ3n) is 3.72. The van der Waals surface area contributed by atoms with Gasteiger partial charge in [-0.2, -0.15) is 10.2 Å². The average molecular weight is 415 g/mol. The van der Waals surface area contributed by atoms with Gasteiger partial charge in [0.15, 0.2) is 0 Å². The van der Waals surface area contributed by atoms with E-state index in [4.69, 9.17) is 15.4 Å². The van der Waals surface area contributed by atoms with Crippen LogP contribution in [0.25, 0.3) is 0 Å². The summed E-state index contributed by atoms with van der Waals surface area (Å²) in [4.78, 5) is 1.89. The maximum Gasteiger partial charge on any atom is 0.238 e. The van der Waals surface area contributed by atoms with Crippen LogP contribution in [0.2, 0.25) is 0 Å². The van der Waals surface area contributed by atoms with Crippen LogP contribution in [-0.4, -0.2) is 44.9 Å². The number of benzene rings is 2. The number of primary sulfonamides is 1. The number of anilines is 1. The molecule has 0 aromatic heterocycles. The van der Waals surface area contributed by atoms with Gasteiger partial charge in [-0.15, -0.1) is 12.4 Å². The predicted molar refractivity (Wildman–Crippen MR) is 107 cm³/mol. The van der Waals surface area contributed by atoms with Crippen LogP contribution in [0.1, 0.15) is 5.56 Å². The SMILES string of the molecule is Cc1cc(N(CCO)CCO)ccc1N=Nc1ccc(S(N)(=O)=O)cc1.Cl. The Balaban J connectivity index is 0.00000364. The van der Waals surface area contributed by atoms with E-state index < -0.39 is 10.0 Å². The van der Waals surface area contributed by atoms with Crippen molar-refractivity contribution in [3.63, 3.8) is 0 Å². The van der Waals surface area contributed by atoms with Crippen LogP contribution in [0.4, 0.5) is 17.1 Å². The minimum atomic E-state index is -3.73. The number of aryl methyl sites for hydroxylation is 1. The molecule has 2 aromatic rings. The molecule has 0 radical (unpaired) electrons. The molecule has 8 nitrogen and oxygen atoms in total. The Kier molecular flexibility index (Phi) is 8.80. The molecule has 148 valence electrons. The van der Waals surface area contributed by atoms with Gasteiger partial charge in [-0.1, -0.05) is 0 Å². The van der Waals surface area contributed by atoms with Crippen molar-refractivity contribution in [3.05, 3.63) is 48.0 Å². The van der Waals surface area contributed by atoms with Gasteiger partial charge in [-0.05, 0) is 55.0 Å². The molecule has 2 aromatic carbocycles. The van der Waals surface area contributed by atoms with Crippen LogP contribution >= 0.6 is 12.4 Å². The first kappa shape index (κ1) is 23.0. The van der Waals surface area contributed by atoms with Crippen molar-refractivity contribution in [2.45, 2.75) is 11.8 Å². The number of nitrogens with zero attached hydrogens (tertiary/aromatic N) is 3. The van der Waals surface area contributed by atoms with Crippen LogP contribution in [0.5, 0.6) is 0 Å². The largest absolute Gasteiger partial charge is 0.395 e. The Bertz CT molecular complexity index is 867. The summed E-state index contributed by atoms with van der Waals surface area (Å²) in [6.45, 7) is 2.73. The van der Waals surface area contributed by atoms with Gasteiger partial charge in [-0.25, -0.2) is 13.6 Å². The Hall–Kier alpha value is -2.04. The first-order valence-electron chi connectivity index (χ1n) is 7.97. The number of azo groups is 1. The molecular weight excluding hydrogens is 392 g/mol. The van der Waals surface area contributed by atoms with E-state index in [1.165, 1.54) is 24.3 Å². The summed E-state index contributed by atoms with van der Waals surface area (Å²) < 4.78 is 22.5. The van der Waals surface area contributed by atoms with Crippen LogP contribution in [0.3, 0.4) is 0 Å². The molecule has 0 aliphatic rings. The lowest BCUT2D eigenvalue weighted by Gasteiger charge is -2.23. The van der Waals surface area contributed by atoms with Gasteiger partial charge in [0, 0.05) is 18.8 Å². The van der Waals surface area contributed by atoms with E-state index in [0.717, 1.165) is 11.3 Å². The summed E-state index contributed by atoms with van der Waals surface area (Å²) in [7, 11) is -3.73. The molecule has 0 saturated carbocycles. The number of hydrogen-bond acceptors (Lipinski definition) is 7. The molecule has 0 fully saturated rings. The molecule has 0 aliphatic carbocycles. The van der Waals surface area contributed by atoms with E-state index in [2.05, 4.69) is 10.2 Å². The molecule has 0 saturated heterocycles. The summed E-state index contributed by atoms with van der Waals surface area (Å²) >= 11 is 0. The zero-order valence-corrected chi connectivity index (χ0v) is 16.4. The zero-order chi connectivity index (χ0) is 19.2. The second-order valence-corrected chi connectivity index (χ2v) is 7.21. The lowest BCUT2D eigenvalue weighted by atomic mass is 10.1. The molecule has 0 heterocycles. The lowest BCUT2D eigenvalue weighted by Crippen LogP contribution is -2.29. The van der Waals surface area contributed by atoms with Crippen molar-refractivity contribution in [3.8, 4) is 0 Å². The summed E-state index contributed by atoms with van der Waals surface area (Å²) in [5, 5.41) is 31.6. The van der Waals surface area contributed by atoms with E-state index in [1.807, 2.05) is 24.0 Å². The molecule has 0 aliphatic heterocycles. The molecular formula is C17H23ClN4O4S. The van der Waals surface area contributed by atoms with Crippen LogP contribution in [-0.2, 0) is 10.0 Å². The minimum Gasteiger partial charge on any atom is -0.395 e. The number of nitrogens with two attached hydrogens (primary N) is 1. The highest BCUT2D eigenvalue weighted by molar-refractivity contribution is 7.89.